The molecule has 0 unspecified atom stereocenters. The maximum absolute atomic E-state index is 7.24. The van der Waals surface area contributed by atoms with E-state index in [0.29, 0.717) is 17.8 Å². The van der Waals surface area contributed by atoms with Gasteiger partial charge in [0.25, 0.3) is 0 Å². The highest BCUT2D eigenvalue weighted by atomic mass is 31.2. The van der Waals surface area contributed by atoms with Crippen LogP contribution in [-0.2, 0) is 0 Å². The SMILES string of the molecule is c1ccc2cc(C3CCCCC3)c(OP(Oc3cc4ccccc4cc3C3CCCCC3)Oc3cc4ccccc4cc3C3CCCCC3)cc2c1. The summed E-state index contributed by atoms with van der Waals surface area (Å²) in [4.78, 5) is 0. The Hall–Kier alpha value is -4.07. The van der Waals surface area contributed by atoms with Crippen molar-refractivity contribution in [3.63, 3.8) is 0 Å². The minimum Gasteiger partial charge on any atom is -0.408 e. The van der Waals surface area contributed by atoms with Gasteiger partial charge in [-0.15, -0.1) is 0 Å². The first-order valence-corrected chi connectivity index (χ1v) is 21.3. The van der Waals surface area contributed by atoms with E-state index in [1.54, 1.807) is 0 Å². The van der Waals surface area contributed by atoms with Crippen LogP contribution in [0.15, 0.2) is 109 Å². The molecule has 52 heavy (non-hydrogen) atoms. The van der Waals surface area contributed by atoms with E-state index in [1.807, 2.05) is 0 Å². The number of benzene rings is 6. The lowest BCUT2D eigenvalue weighted by Crippen LogP contribution is -2.12. The molecule has 0 atom stereocenters. The number of rotatable bonds is 9. The van der Waals surface area contributed by atoms with Gasteiger partial charge in [0.2, 0.25) is 0 Å². The van der Waals surface area contributed by atoms with E-state index >= 15 is 0 Å². The molecule has 6 aromatic rings. The summed E-state index contributed by atoms with van der Waals surface area (Å²) in [6.45, 7) is 0. The zero-order valence-electron chi connectivity index (χ0n) is 30.4. The Labute approximate surface area is 310 Å². The Bertz CT molecular complexity index is 1910. The fraction of sp³-hybridized carbons (Fsp3) is 0.375. The maximum Gasteiger partial charge on any atom is 0.530 e. The highest BCUT2D eigenvalue weighted by Crippen LogP contribution is 2.52. The molecule has 3 fully saturated rings. The van der Waals surface area contributed by atoms with Gasteiger partial charge in [-0.05, 0) is 142 Å². The summed E-state index contributed by atoms with van der Waals surface area (Å²) in [6, 6.07) is 40.0. The molecule has 0 N–H and O–H groups in total. The molecule has 266 valence electrons. The lowest BCUT2D eigenvalue weighted by Gasteiger charge is -2.29. The molecule has 0 saturated heterocycles. The largest absolute Gasteiger partial charge is 0.530 e. The predicted molar refractivity (Wildman–Crippen MR) is 218 cm³/mol. The zero-order valence-corrected chi connectivity index (χ0v) is 31.3. The van der Waals surface area contributed by atoms with E-state index in [2.05, 4.69) is 109 Å². The van der Waals surface area contributed by atoms with Crippen LogP contribution >= 0.6 is 8.60 Å². The first-order valence-electron chi connectivity index (χ1n) is 20.2. The van der Waals surface area contributed by atoms with Crippen molar-refractivity contribution in [1.82, 2.24) is 0 Å². The van der Waals surface area contributed by atoms with Crippen molar-refractivity contribution in [2.45, 2.75) is 114 Å². The molecule has 3 aliphatic carbocycles. The first kappa shape index (κ1) is 33.7. The lowest BCUT2D eigenvalue weighted by atomic mass is 9.83. The fourth-order valence-corrected chi connectivity index (χ4v) is 10.5. The molecule has 0 radical (unpaired) electrons. The van der Waals surface area contributed by atoms with Crippen molar-refractivity contribution >= 4 is 40.9 Å². The van der Waals surface area contributed by atoms with Crippen LogP contribution < -0.4 is 13.6 Å². The molecular formula is C48H51O3P. The third kappa shape index (κ3) is 7.27. The molecule has 0 aromatic heterocycles. The summed E-state index contributed by atoms with van der Waals surface area (Å²) >= 11 is 0. The van der Waals surface area contributed by atoms with Gasteiger partial charge < -0.3 is 13.6 Å². The monoisotopic (exact) mass is 706 g/mol. The standard InChI is InChI=1S/C48H51O3P/c1-4-16-34(17-5-1)43-28-37-22-10-13-25-40(37)31-46(43)49-52(50-47-32-41-26-14-11-23-38(41)29-44(47)35-18-6-2-7-19-35)51-48-33-42-27-15-12-24-39(42)30-45(48)36-20-8-3-9-21-36/h10-15,22-36H,1-9,16-21H2. The fourth-order valence-electron chi connectivity index (χ4n) is 9.44. The molecule has 3 nitrogen and oxygen atoms in total. The van der Waals surface area contributed by atoms with Gasteiger partial charge in [0.15, 0.2) is 0 Å². The van der Waals surface area contributed by atoms with E-state index in [-0.39, 0.29) is 0 Å². The number of hydrogen-bond acceptors (Lipinski definition) is 3. The Balaban J connectivity index is 1.17. The smallest absolute Gasteiger partial charge is 0.408 e. The predicted octanol–water partition coefficient (Wildman–Crippen LogP) is 15.1. The maximum atomic E-state index is 7.24. The summed E-state index contributed by atoms with van der Waals surface area (Å²) in [7, 11) is -1.87. The summed E-state index contributed by atoms with van der Waals surface area (Å²) < 4.78 is 21.7. The van der Waals surface area contributed by atoms with Crippen molar-refractivity contribution in [2.75, 3.05) is 0 Å². The Morgan fingerprint density at radius 3 is 0.846 bits per heavy atom. The second kappa shape index (κ2) is 15.5. The van der Waals surface area contributed by atoms with Gasteiger partial charge in [0, 0.05) is 0 Å². The summed E-state index contributed by atoms with van der Waals surface area (Å²) in [6.07, 6.45) is 18.7. The van der Waals surface area contributed by atoms with Gasteiger partial charge in [0.1, 0.15) is 17.2 Å². The Kier molecular flexibility index (Phi) is 10.1. The topological polar surface area (TPSA) is 27.7 Å². The van der Waals surface area contributed by atoms with Gasteiger partial charge in [-0.1, -0.05) is 131 Å². The van der Waals surface area contributed by atoms with E-state index in [0.717, 1.165) is 17.2 Å². The number of fused-ring (bicyclic) bond motifs is 3. The highest BCUT2D eigenvalue weighted by Gasteiger charge is 2.30. The van der Waals surface area contributed by atoms with Crippen LogP contribution in [0.1, 0.15) is 131 Å². The molecule has 3 aliphatic rings. The lowest BCUT2D eigenvalue weighted by molar-refractivity contribution is 0.367. The van der Waals surface area contributed by atoms with Crippen molar-refractivity contribution in [3.05, 3.63) is 126 Å². The third-order valence-corrected chi connectivity index (χ3v) is 13.3. The molecule has 0 aliphatic heterocycles. The van der Waals surface area contributed by atoms with Crippen LogP contribution in [0.2, 0.25) is 0 Å². The second-order valence-corrected chi connectivity index (χ2v) is 16.7. The molecular weight excluding hydrogens is 655 g/mol. The van der Waals surface area contributed by atoms with Gasteiger partial charge >= 0.3 is 8.60 Å². The molecule has 0 heterocycles. The van der Waals surface area contributed by atoms with Crippen molar-refractivity contribution in [1.29, 1.82) is 0 Å². The average Bonchev–Trinajstić information content (AvgIpc) is 3.21. The van der Waals surface area contributed by atoms with E-state index < -0.39 is 8.60 Å². The van der Waals surface area contributed by atoms with Gasteiger partial charge in [-0.25, -0.2) is 0 Å². The highest BCUT2D eigenvalue weighted by molar-refractivity contribution is 7.43. The Morgan fingerprint density at radius 2 is 0.577 bits per heavy atom. The molecule has 0 spiro atoms. The molecule has 3 saturated carbocycles. The first-order chi connectivity index (χ1) is 25.7. The van der Waals surface area contributed by atoms with Crippen molar-refractivity contribution < 1.29 is 13.6 Å². The van der Waals surface area contributed by atoms with Crippen LogP contribution in [0.4, 0.5) is 0 Å². The summed E-state index contributed by atoms with van der Waals surface area (Å²) in [5.41, 5.74) is 3.90. The van der Waals surface area contributed by atoms with Gasteiger partial charge in [-0.3, -0.25) is 0 Å². The molecule has 0 bridgehead atoms. The van der Waals surface area contributed by atoms with Crippen molar-refractivity contribution in [2.24, 2.45) is 0 Å². The number of hydrogen-bond donors (Lipinski definition) is 0. The zero-order chi connectivity index (χ0) is 34.7. The van der Waals surface area contributed by atoms with Crippen LogP contribution in [0.25, 0.3) is 32.3 Å². The Morgan fingerprint density at radius 1 is 0.327 bits per heavy atom. The molecule has 0 amide bonds. The van der Waals surface area contributed by atoms with Crippen LogP contribution in [0.5, 0.6) is 17.2 Å². The third-order valence-electron chi connectivity index (χ3n) is 12.3. The molecule has 4 heteroatoms. The summed E-state index contributed by atoms with van der Waals surface area (Å²) in [5.74, 6) is 4.16. The average molecular weight is 707 g/mol. The van der Waals surface area contributed by atoms with Crippen molar-refractivity contribution in [3.8, 4) is 17.2 Å². The quantitative estimate of drug-likeness (QED) is 0.140. The minimum absolute atomic E-state index is 0.474. The van der Waals surface area contributed by atoms with E-state index in [1.165, 1.54) is 145 Å². The van der Waals surface area contributed by atoms with Gasteiger partial charge in [-0.2, -0.15) is 0 Å². The van der Waals surface area contributed by atoms with Crippen LogP contribution in [0, 0.1) is 0 Å². The van der Waals surface area contributed by atoms with E-state index in [4.69, 9.17) is 13.6 Å². The summed E-state index contributed by atoms with van der Waals surface area (Å²) in [5, 5.41) is 7.37. The van der Waals surface area contributed by atoms with E-state index in [9.17, 15) is 0 Å². The second-order valence-electron chi connectivity index (χ2n) is 15.7. The normalized spacial score (nSPS) is 17.9. The molecule has 6 aromatic carbocycles. The van der Waals surface area contributed by atoms with Crippen LogP contribution in [0.3, 0.4) is 0 Å². The minimum atomic E-state index is -1.87. The molecule has 9 rings (SSSR count). The van der Waals surface area contributed by atoms with Crippen LogP contribution in [-0.4, -0.2) is 0 Å². The van der Waals surface area contributed by atoms with Gasteiger partial charge in [0.05, 0.1) is 0 Å².